The van der Waals surface area contributed by atoms with Crippen molar-refractivity contribution in [1.82, 2.24) is 0 Å². The number of carbonyl (C=O) groups excluding carboxylic acids is 1. The van der Waals surface area contributed by atoms with E-state index in [-0.39, 0.29) is 12.5 Å². The summed E-state index contributed by atoms with van der Waals surface area (Å²) in [5.41, 5.74) is 0. The van der Waals surface area contributed by atoms with Gasteiger partial charge in [0.2, 0.25) is 0 Å². The SMILES string of the molecule is CCOC(=O)[C@](F)(Br)[C@@H](CC(C)C)O[Si](C)(C)C. The molecule has 108 valence electrons. The van der Waals surface area contributed by atoms with Gasteiger partial charge in [0.1, 0.15) is 6.10 Å². The lowest BCUT2D eigenvalue weighted by molar-refractivity contribution is -0.155. The van der Waals surface area contributed by atoms with E-state index in [4.69, 9.17) is 9.16 Å². The summed E-state index contributed by atoms with van der Waals surface area (Å²) in [6, 6.07) is 0. The van der Waals surface area contributed by atoms with Crippen LogP contribution in [0, 0.1) is 5.92 Å². The van der Waals surface area contributed by atoms with Crippen LogP contribution in [0.3, 0.4) is 0 Å². The zero-order valence-electron chi connectivity index (χ0n) is 12.0. The quantitative estimate of drug-likeness (QED) is 0.400. The van der Waals surface area contributed by atoms with Gasteiger partial charge in [0.05, 0.1) is 6.61 Å². The molecule has 0 amide bonds. The van der Waals surface area contributed by atoms with Crippen molar-refractivity contribution in [2.24, 2.45) is 5.92 Å². The number of halogens is 2. The summed E-state index contributed by atoms with van der Waals surface area (Å²) >= 11 is 2.85. The molecule has 0 aromatic rings. The van der Waals surface area contributed by atoms with Crippen LogP contribution in [0.4, 0.5) is 4.39 Å². The number of alkyl halides is 2. The van der Waals surface area contributed by atoms with Gasteiger partial charge in [0.15, 0.2) is 8.32 Å². The van der Waals surface area contributed by atoms with Gasteiger partial charge in [-0.25, -0.2) is 9.18 Å². The molecule has 0 aromatic carbocycles. The van der Waals surface area contributed by atoms with Crippen LogP contribution in [0.5, 0.6) is 0 Å². The van der Waals surface area contributed by atoms with Gasteiger partial charge in [0.25, 0.3) is 4.58 Å². The Labute approximate surface area is 119 Å². The Hall–Kier alpha value is 0.0569. The van der Waals surface area contributed by atoms with Gasteiger partial charge in [0, 0.05) is 0 Å². The van der Waals surface area contributed by atoms with Crippen molar-refractivity contribution in [2.45, 2.75) is 57.5 Å². The smallest absolute Gasteiger partial charge is 0.357 e. The molecule has 2 atom stereocenters. The third kappa shape index (κ3) is 6.29. The highest BCUT2D eigenvalue weighted by Crippen LogP contribution is 2.34. The molecule has 0 N–H and O–H groups in total. The van der Waals surface area contributed by atoms with E-state index in [2.05, 4.69) is 15.9 Å². The summed E-state index contributed by atoms with van der Waals surface area (Å²) in [5.74, 6) is -0.678. The standard InChI is InChI=1S/C12H24BrFO3Si/c1-7-16-11(15)12(13,14)10(8-9(2)3)17-18(4,5)6/h9-10H,7-8H2,1-6H3/t10-,12+/m1/s1. The largest absolute Gasteiger partial charge is 0.463 e. The summed E-state index contributed by atoms with van der Waals surface area (Å²) in [6.45, 7) is 11.6. The van der Waals surface area contributed by atoms with Crippen LogP contribution >= 0.6 is 15.9 Å². The Balaban J connectivity index is 4.98. The van der Waals surface area contributed by atoms with Crippen LogP contribution < -0.4 is 0 Å². The molecule has 0 aromatic heterocycles. The molecule has 0 aliphatic carbocycles. The van der Waals surface area contributed by atoms with Gasteiger partial charge in [-0.2, -0.15) is 0 Å². The van der Waals surface area contributed by atoms with Crippen molar-refractivity contribution in [2.75, 3.05) is 6.61 Å². The van der Waals surface area contributed by atoms with E-state index in [1.165, 1.54) is 0 Å². The predicted molar refractivity (Wildman–Crippen MR) is 77.1 cm³/mol. The minimum absolute atomic E-state index is 0.150. The highest BCUT2D eigenvalue weighted by Gasteiger charge is 2.48. The van der Waals surface area contributed by atoms with Crippen molar-refractivity contribution in [3.05, 3.63) is 0 Å². The fraction of sp³-hybridized carbons (Fsp3) is 0.917. The molecule has 3 nitrogen and oxygen atoms in total. The van der Waals surface area contributed by atoms with Gasteiger partial charge >= 0.3 is 5.97 Å². The van der Waals surface area contributed by atoms with Crippen LogP contribution in [0.15, 0.2) is 0 Å². The van der Waals surface area contributed by atoms with E-state index in [1.54, 1.807) is 6.92 Å². The second-order valence-electron chi connectivity index (χ2n) is 5.69. The summed E-state index contributed by atoms with van der Waals surface area (Å²) in [5, 5.41) is 0. The Morgan fingerprint density at radius 2 is 1.89 bits per heavy atom. The zero-order valence-corrected chi connectivity index (χ0v) is 14.6. The van der Waals surface area contributed by atoms with E-state index in [9.17, 15) is 9.18 Å². The summed E-state index contributed by atoms with van der Waals surface area (Å²) < 4.78 is 22.9. The average Bonchev–Trinajstić information content (AvgIpc) is 2.14. The van der Waals surface area contributed by atoms with Crippen molar-refractivity contribution in [1.29, 1.82) is 0 Å². The summed E-state index contributed by atoms with van der Waals surface area (Å²) in [4.78, 5) is 11.7. The van der Waals surface area contributed by atoms with Gasteiger partial charge < -0.3 is 9.16 Å². The van der Waals surface area contributed by atoms with Crippen LogP contribution in [-0.2, 0) is 14.0 Å². The number of rotatable bonds is 7. The first kappa shape index (κ1) is 18.1. The second kappa shape index (κ2) is 7.00. The molecular formula is C12H24BrFO3Si. The van der Waals surface area contributed by atoms with Crippen molar-refractivity contribution >= 4 is 30.2 Å². The van der Waals surface area contributed by atoms with E-state index >= 15 is 0 Å². The number of esters is 1. The molecule has 18 heavy (non-hydrogen) atoms. The molecule has 0 heterocycles. The van der Waals surface area contributed by atoms with E-state index in [0.717, 1.165) is 0 Å². The number of hydrogen-bond acceptors (Lipinski definition) is 3. The van der Waals surface area contributed by atoms with Gasteiger partial charge in [-0.1, -0.05) is 13.8 Å². The summed E-state index contributed by atoms with van der Waals surface area (Å²) in [6.07, 6.45) is -0.353. The maximum absolute atomic E-state index is 14.6. The fourth-order valence-electron chi connectivity index (χ4n) is 1.48. The first-order chi connectivity index (χ1) is 8.00. The second-order valence-corrected chi connectivity index (χ2v) is 11.3. The molecule has 0 bridgehead atoms. The first-order valence-electron chi connectivity index (χ1n) is 6.23. The van der Waals surface area contributed by atoms with Crippen LogP contribution in [0.25, 0.3) is 0 Å². The molecule has 0 saturated heterocycles. The zero-order chi connectivity index (χ0) is 14.6. The van der Waals surface area contributed by atoms with Crippen LogP contribution in [0.2, 0.25) is 19.6 Å². The molecule has 0 fully saturated rings. The average molecular weight is 343 g/mol. The third-order valence-electron chi connectivity index (χ3n) is 2.13. The topological polar surface area (TPSA) is 35.5 Å². The number of ether oxygens (including phenoxy) is 1. The third-order valence-corrected chi connectivity index (χ3v) is 3.96. The maximum Gasteiger partial charge on any atom is 0.357 e. The minimum atomic E-state index is -2.27. The summed E-state index contributed by atoms with van der Waals surface area (Å²) in [7, 11) is -1.94. The predicted octanol–water partition coefficient (Wildman–Crippen LogP) is 3.88. The maximum atomic E-state index is 14.6. The minimum Gasteiger partial charge on any atom is -0.463 e. The van der Waals surface area contributed by atoms with Gasteiger partial charge in [-0.05, 0) is 54.8 Å². The Kier molecular flexibility index (Phi) is 7.03. The number of hydrogen-bond donors (Lipinski definition) is 0. The molecule has 6 heteroatoms. The lowest BCUT2D eigenvalue weighted by Crippen LogP contribution is -2.48. The van der Waals surface area contributed by atoms with Gasteiger partial charge in [-0.15, -0.1) is 0 Å². The molecule has 0 aliphatic heterocycles. The van der Waals surface area contributed by atoms with Crippen molar-refractivity contribution < 1.29 is 18.3 Å². The van der Waals surface area contributed by atoms with Crippen molar-refractivity contribution in [3.63, 3.8) is 0 Å². The first-order valence-corrected chi connectivity index (χ1v) is 10.4. The highest BCUT2D eigenvalue weighted by atomic mass is 79.9. The molecule has 0 spiro atoms. The van der Waals surface area contributed by atoms with E-state index in [0.29, 0.717) is 6.42 Å². The number of carbonyl (C=O) groups is 1. The normalized spacial score (nSPS) is 17.4. The van der Waals surface area contributed by atoms with Gasteiger partial charge in [-0.3, -0.25) is 0 Å². The van der Waals surface area contributed by atoms with E-state index < -0.39 is 25.0 Å². The molecule has 0 unspecified atom stereocenters. The lowest BCUT2D eigenvalue weighted by Gasteiger charge is -2.33. The Morgan fingerprint density at radius 3 is 2.22 bits per heavy atom. The van der Waals surface area contributed by atoms with Crippen molar-refractivity contribution in [3.8, 4) is 0 Å². The van der Waals surface area contributed by atoms with Crippen LogP contribution in [0.1, 0.15) is 27.2 Å². The Morgan fingerprint density at radius 1 is 1.39 bits per heavy atom. The molecule has 0 radical (unpaired) electrons. The molecule has 0 rings (SSSR count). The van der Waals surface area contributed by atoms with Crippen LogP contribution in [-0.4, -0.2) is 31.6 Å². The highest BCUT2D eigenvalue weighted by molar-refractivity contribution is 9.10. The molecule has 0 aliphatic rings. The Bertz CT molecular complexity index is 277. The molecule has 0 saturated carbocycles. The van der Waals surface area contributed by atoms with E-state index in [1.807, 2.05) is 33.5 Å². The fourth-order valence-corrected chi connectivity index (χ4v) is 3.16. The molecular weight excluding hydrogens is 319 g/mol. The monoisotopic (exact) mass is 342 g/mol. The lowest BCUT2D eigenvalue weighted by atomic mass is 10.0.